The quantitative estimate of drug-likeness (QED) is 0.357. The zero-order valence-corrected chi connectivity index (χ0v) is 15.0. The molecule has 0 saturated carbocycles. The summed E-state index contributed by atoms with van der Waals surface area (Å²) in [7, 11) is 0. The number of alkyl halides is 1. The molecule has 0 bridgehead atoms. The maximum Gasteiger partial charge on any atom is 0.162 e. The Morgan fingerprint density at radius 3 is 2.63 bits per heavy atom. The Hall–Kier alpha value is -0.0100. The average molecular weight is 502 g/mol. The minimum atomic E-state index is -0.805. The lowest BCUT2D eigenvalue weighted by molar-refractivity contribution is 0.498. The van der Waals surface area contributed by atoms with Gasteiger partial charge < -0.3 is 0 Å². The highest BCUT2D eigenvalue weighted by atomic mass is 127. The Morgan fingerprint density at radius 2 is 1.89 bits per heavy atom. The van der Waals surface area contributed by atoms with Crippen LogP contribution in [-0.2, 0) is 6.42 Å². The van der Waals surface area contributed by atoms with E-state index in [0.717, 1.165) is 19.7 Å². The standard InChI is InChI=1S/C14H9Br2F2I/c15-9-4-5-13(19)10(7-9)11(16)6-8-2-1-3-12(17)14(8)18/h1-5,7,11H,6H2. The summed E-state index contributed by atoms with van der Waals surface area (Å²) < 4.78 is 28.9. The summed E-state index contributed by atoms with van der Waals surface area (Å²) >= 11 is 9.20. The van der Waals surface area contributed by atoms with E-state index in [1.165, 1.54) is 6.07 Å². The van der Waals surface area contributed by atoms with Crippen LogP contribution in [0.3, 0.4) is 0 Å². The molecule has 0 aromatic heterocycles. The minimum Gasteiger partial charge on any atom is -0.204 e. The van der Waals surface area contributed by atoms with E-state index < -0.39 is 11.6 Å². The third kappa shape index (κ3) is 3.76. The smallest absolute Gasteiger partial charge is 0.162 e. The highest BCUT2D eigenvalue weighted by Crippen LogP contribution is 2.33. The molecule has 19 heavy (non-hydrogen) atoms. The Labute approximate surface area is 141 Å². The molecular formula is C14H9Br2F2I. The molecule has 1 unspecified atom stereocenters. The first-order chi connectivity index (χ1) is 8.99. The molecule has 0 aliphatic rings. The Bertz CT molecular complexity index is 602. The van der Waals surface area contributed by atoms with Crippen LogP contribution >= 0.6 is 54.5 Å². The fraction of sp³-hybridized carbons (Fsp3) is 0.143. The lowest BCUT2D eigenvalue weighted by Gasteiger charge is -2.13. The number of benzene rings is 2. The Balaban J connectivity index is 2.28. The molecule has 0 aliphatic carbocycles. The molecule has 0 saturated heterocycles. The number of hydrogen-bond acceptors (Lipinski definition) is 0. The van der Waals surface area contributed by atoms with Crippen LogP contribution in [0.15, 0.2) is 40.9 Å². The van der Waals surface area contributed by atoms with E-state index >= 15 is 0 Å². The Kier molecular flexibility index (Phi) is 5.37. The first-order valence-corrected chi connectivity index (χ1v) is 8.29. The molecule has 0 amide bonds. The molecule has 2 rings (SSSR count). The Morgan fingerprint density at radius 1 is 1.16 bits per heavy atom. The van der Waals surface area contributed by atoms with Gasteiger partial charge in [-0.3, -0.25) is 0 Å². The van der Waals surface area contributed by atoms with Gasteiger partial charge in [0.2, 0.25) is 0 Å². The second-order valence-electron chi connectivity index (χ2n) is 4.05. The highest BCUT2D eigenvalue weighted by Gasteiger charge is 2.16. The summed E-state index contributed by atoms with van der Waals surface area (Å²) in [6.45, 7) is 0. The second kappa shape index (κ2) is 6.63. The molecule has 0 N–H and O–H groups in total. The molecule has 0 fully saturated rings. The van der Waals surface area contributed by atoms with Gasteiger partial charge >= 0.3 is 0 Å². The predicted molar refractivity (Wildman–Crippen MR) is 88.6 cm³/mol. The number of halogens is 5. The largest absolute Gasteiger partial charge is 0.204 e. The van der Waals surface area contributed by atoms with Gasteiger partial charge in [0, 0.05) is 12.9 Å². The fourth-order valence-electron chi connectivity index (χ4n) is 1.76. The van der Waals surface area contributed by atoms with Gasteiger partial charge in [-0.25, -0.2) is 8.78 Å². The van der Waals surface area contributed by atoms with E-state index in [1.54, 1.807) is 6.07 Å². The SMILES string of the molecule is Fc1cccc(CC(Br)c2cc(Br)ccc2I)c1F. The normalized spacial score (nSPS) is 12.5. The first kappa shape index (κ1) is 15.4. The predicted octanol–water partition coefficient (Wildman–Crippen LogP) is 6.01. The van der Waals surface area contributed by atoms with Crippen molar-refractivity contribution in [2.45, 2.75) is 11.2 Å². The average Bonchev–Trinajstić information content (AvgIpc) is 2.38. The van der Waals surface area contributed by atoms with Crippen LogP contribution in [0, 0.1) is 15.2 Å². The third-order valence-electron chi connectivity index (χ3n) is 2.73. The molecule has 0 nitrogen and oxygen atoms in total. The van der Waals surface area contributed by atoms with Crippen LogP contribution in [0.5, 0.6) is 0 Å². The summed E-state index contributed by atoms with van der Waals surface area (Å²) in [5, 5.41) is 0. The summed E-state index contributed by atoms with van der Waals surface area (Å²) in [5.41, 5.74) is 1.43. The number of rotatable bonds is 3. The van der Waals surface area contributed by atoms with Crippen LogP contribution in [0.25, 0.3) is 0 Å². The summed E-state index contributed by atoms with van der Waals surface area (Å²) in [6, 6.07) is 10.2. The van der Waals surface area contributed by atoms with Gasteiger partial charge in [-0.1, -0.05) is 44.0 Å². The van der Waals surface area contributed by atoms with Crippen molar-refractivity contribution < 1.29 is 8.78 Å². The monoisotopic (exact) mass is 500 g/mol. The summed E-state index contributed by atoms with van der Waals surface area (Å²) in [6.07, 6.45) is 0.399. The topological polar surface area (TPSA) is 0 Å². The van der Waals surface area contributed by atoms with Gasteiger partial charge in [-0.2, -0.15) is 0 Å². The third-order valence-corrected chi connectivity index (χ3v) is 5.02. The van der Waals surface area contributed by atoms with Crippen molar-refractivity contribution in [2.75, 3.05) is 0 Å². The first-order valence-electron chi connectivity index (χ1n) is 5.51. The molecule has 0 spiro atoms. The van der Waals surface area contributed by atoms with Crippen molar-refractivity contribution in [1.29, 1.82) is 0 Å². The van der Waals surface area contributed by atoms with Crippen molar-refractivity contribution in [2.24, 2.45) is 0 Å². The molecule has 1 atom stereocenters. The van der Waals surface area contributed by atoms with Crippen molar-refractivity contribution in [1.82, 2.24) is 0 Å². The van der Waals surface area contributed by atoms with Crippen LogP contribution in [0.2, 0.25) is 0 Å². The van der Waals surface area contributed by atoms with E-state index in [1.807, 2.05) is 18.2 Å². The van der Waals surface area contributed by atoms with Gasteiger partial charge in [-0.15, -0.1) is 0 Å². The van der Waals surface area contributed by atoms with Crippen LogP contribution < -0.4 is 0 Å². The second-order valence-corrected chi connectivity index (χ2v) is 7.23. The molecule has 0 heterocycles. The van der Waals surface area contributed by atoms with Gasteiger partial charge in [-0.05, 0) is 64.4 Å². The van der Waals surface area contributed by atoms with Crippen molar-refractivity contribution in [3.63, 3.8) is 0 Å². The lowest BCUT2D eigenvalue weighted by Crippen LogP contribution is -2.01. The molecule has 2 aromatic rings. The zero-order valence-electron chi connectivity index (χ0n) is 9.64. The van der Waals surface area contributed by atoms with Crippen LogP contribution in [-0.4, -0.2) is 0 Å². The van der Waals surface area contributed by atoms with Gasteiger partial charge in [0.15, 0.2) is 11.6 Å². The van der Waals surface area contributed by atoms with E-state index in [0.29, 0.717) is 12.0 Å². The van der Waals surface area contributed by atoms with Crippen LogP contribution in [0.4, 0.5) is 8.78 Å². The number of hydrogen-bond donors (Lipinski definition) is 0. The van der Waals surface area contributed by atoms with Gasteiger partial charge in [0.1, 0.15) is 0 Å². The molecule has 5 heteroatoms. The van der Waals surface area contributed by atoms with Gasteiger partial charge in [0.25, 0.3) is 0 Å². The molecule has 100 valence electrons. The van der Waals surface area contributed by atoms with E-state index in [-0.39, 0.29) is 4.83 Å². The maximum atomic E-state index is 13.7. The van der Waals surface area contributed by atoms with E-state index in [2.05, 4.69) is 54.5 Å². The van der Waals surface area contributed by atoms with Crippen molar-refractivity contribution in [3.05, 3.63) is 67.2 Å². The molecular weight excluding hydrogens is 493 g/mol. The van der Waals surface area contributed by atoms with Crippen molar-refractivity contribution in [3.8, 4) is 0 Å². The van der Waals surface area contributed by atoms with Crippen molar-refractivity contribution >= 4 is 54.5 Å². The molecule has 0 aliphatic heterocycles. The van der Waals surface area contributed by atoms with Gasteiger partial charge in [0.05, 0.1) is 0 Å². The molecule has 0 radical (unpaired) electrons. The van der Waals surface area contributed by atoms with E-state index in [9.17, 15) is 8.78 Å². The van der Waals surface area contributed by atoms with E-state index in [4.69, 9.17) is 0 Å². The maximum absolute atomic E-state index is 13.7. The zero-order chi connectivity index (χ0) is 14.0. The van der Waals surface area contributed by atoms with Crippen LogP contribution in [0.1, 0.15) is 16.0 Å². The minimum absolute atomic E-state index is 0.0619. The summed E-state index contributed by atoms with van der Waals surface area (Å²) in [4.78, 5) is -0.0619. The fourth-order valence-corrected chi connectivity index (χ4v) is 4.01. The molecule has 2 aromatic carbocycles. The highest BCUT2D eigenvalue weighted by molar-refractivity contribution is 14.1. The lowest BCUT2D eigenvalue weighted by atomic mass is 10.0. The summed E-state index contributed by atoms with van der Waals surface area (Å²) in [5.74, 6) is -1.57.